The summed E-state index contributed by atoms with van der Waals surface area (Å²) in [6.45, 7) is 2.02. The molecule has 2 heterocycles. The number of carbonyl (C=O) groups is 2. The molecule has 1 aliphatic rings. The summed E-state index contributed by atoms with van der Waals surface area (Å²) in [4.78, 5) is 26.0. The Bertz CT molecular complexity index is 933. The summed E-state index contributed by atoms with van der Waals surface area (Å²) >= 11 is 7.91. The molecule has 1 atom stereocenters. The van der Waals surface area contributed by atoms with Crippen molar-refractivity contribution in [1.82, 2.24) is 4.90 Å². The Morgan fingerprint density at radius 1 is 1.32 bits per heavy atom. The molecule has 8 heteroatoms. The Morgan fingerprint density at radius 3 is 2.68 bits per heavy atom. The largest absolute Gasteiger partial charge is 0.480 e. The summed E-state index contributed by atoms with van der Waals surface area (Å²) < 4.78 is 6.10. The molecular formula is C20H19NO4S3. The molecule has 0 spiro atoms. The average Bonchev–Trinajstić information content (AvgIpc) is 3.22. The first-order chi connectivity index (χ1) is 13.4. The standard InChI is InChI=1S/C20H19NO4S3/c1-12-3-5-13(6-4-12)16-8-7-14(25-16)11-17-18(22)21(20(26)28-17)15(19(23)24)9-10-27-2/h3-8,11,15H,9-10H2,1-2H3,(H,23,24)/b17-11+/t15-/m0/s1. The number of hydrogen-bond acceptors (Lipinski definition) is 6. The molecule has 0 aliphatic carbocycles. The van der Waals surface area contributed by atoms with Crippen molar-refractivity contribution in [2.24, 2.45) is 0 Å². The minimum Gasteiger partial charge on any atom is -0.480 e. The first kappa shape index (κ1) is 20.7. The number of hydrogen-bond donors (Lipinski definition) is 1. The Kier molecular flexibility index (Phi) is 6.64. The van der Waals surface area contributed by atoms with Crippen LogP contribution < -0.4 is 0 Å². The molecule has 0 bridgehead atoms. The number of carboxylic acid groups (broad SMARTS) is 1. The van der Waals surface area contributed by atoms with Crippen LogP contribution in [-0.4, -0.2) is 44.3 Å². The maximum atomic E-state index is 12.8. The van der Waals surface area contributed by atoms with Crippen molar-refractivity contribution >= 4 is 58.0 Å². The fourth-order valence-corrected chi connectivity index (χ4v) is 4.57. The monoisotopic (exact) mass is 433 g/mol. The lowest BCUT2D eigenvalue weighted by Gasteiger charge is -2.22. The van der Waals surface area contributed by atoms with Crippen molar-refractivity contribution in [1.29, 1.82) is 0 Å². The second-order valence-corrected chi connectivity index (χ2v) is 8.92. The van der Waals surface area contributed by atoms with Gasteiger partial charge in [-0.2, -0.15) is 11.8 Å². The molecule has 146 valence electrons. The molecule has 1 fully saturated rings. The third-order valence-electron chi connectivity index (χ3n) is 4.25. The molecule has 2 aromatic rings. The number of nitrogens with zero attached hydrogens (tertiary/aromatic N) is 1. The van der Waals surface area contributed by atoms with Gasteiger partial charge in [-0.3, -0.25) is 9.69 Å². The van der Waals surface area contributed by atoms with Gasteiger partial charge < -0.3 is 9.52 Å². The van der Waals surface area contributed by atoms with E-state index in [2.05, 4.69) is 0 Å². The summed E-state index contributed by atoms with van der Waals surface area (Å²) in [6.07, 6.45) is 3.85. The molecule has 28 heavy (non-hydrogen) atoms. The maximum Gasteiger partial charge on any atom is 0.326 e. The van der Waals surface area contributed by atoms with E-state index in [0.29, 0.717) is 28.6 Å². The van der Waals surface area contributed by atoms with Crippen LogP contribution in [0, 0.1) is 6.92 Å². The van der Waals surface area contributed by atoms with Crippen LogP contribution in [0.4, 0.5) is 0 Å². The van der Waals surface area contributed by atoms with Gasteiger partial charge in [0.1, 0.15) is 21.9 Å². The van der Waals surface area contributed by atoms with Crippen LogP contribution in [0.25, 0.3) is 17.4 Å². The zero-order chi connectivity index (χ0) is 20.3. The van der Waals surface area contributed by atoms with Gasteiger partial charge in [0.15, 0.2) is 0 Å². The highest BCUT2D eigenvalue weighted by Gasteiger charge is 2.40. The Labute approximate surface area is 177 Å². The molecule has 0 saturated carbocycles. The zero-order valence-electron chi connectivity index (χ0n) is 15.4. The third-order valence-corrected chi connectivity index (χ3v) is 6.23. The predicted molar refractivity (Wildman–Crippen MR) is 118 cm³/mol. The normalized spacial score (nSPS) is 16.8. The van der Waals surface area contributed by atoms with Gasteiger partial charge in [0, 0.05) is 11.6 Å². The van der Waals surface area contributed by atoms with Crippen molar-refractivity contribution in [3.63, 3.8) is 0 Å². The van der Waals surface area contributed by atoms with E-state index < -0.39 is 17.9 Å². The Hall–Kier alpha value is -2.03. The Morgan fingerprint density at radius 2 is 2.04 bits per heavy atom. The highest BCUT2D eigenvalue weighted by Crippen LogP contribution is 2.35. The third kappa shape index (κ3) is 4.51. The van der Waals surface area contributed by atoms with Crippen LogP contribution in [0.1, 0.15) is 17.7 Å². The molecular weight excluding hydrogens is 414 g/mol. The van der Waals surface area contributed by atoms with Crippen LogP contribution in [0.2, 0.25) is 0 Å². The van der Waals surface area contributed by atoms with Gasteiger partial charge in [0.25, 0.3) is 5.91 Å². The van der Waals surface area contributed by atoms with Crippen LogP contribution >= 0.6 is 35.7 Å². The maximum absolute atomic E-state index is 12.8. The van der Waals surface area contributed by atoms with Gasteiger partial charge in [0.2, 0.25) is 0 Å². The van der Waals surface area contributed by atoms with Crippen molar-refractivity contribution in [2.45, 2.75) is 19.4 Å². The lowest BCUT2D eigenvalue weighted by Crippen LogP contribution is -2.44. The van der Waals surface area contributed by atoms with Crippen LogP contribution in [0.5, 0.6) is 0 Å². The van der Waals surface area contributed by atoms with E-state index in [1.165, 1.54) is 16.7 Å². The SMILES string of the molecule is CSCC[C@@H](C(=O)O)N1C(=O)/C(=C\c2ccc(-c3ccc(C)cc3)o2)SC1=S. The van der Waals surface area contributed by atoms with Gasteiger partial charge in [0.05, 0.1) is 4.91 Å². The molecule has 3 rings (SSSR count). The van der Waals surface area contributed by atoms with Gasteiger partial charge >= 0.3 is 5.97 Å². The molecule has 5 nitrogen and oxygen atoms in total. The fourth-order valence-electron chi connectivity index (χ4n) is 2.77. The molecule has 0 unspecified atom stereocenters. The number of aliphatic carboxylic acids is 1. The minimum atomic E-state index is -1.05. The lowest BCUT2D eigenvalue weighted by atomic mass is 10.1. The summed E-state index contributed by atoms with van der Waals surface area (Å²) in [7, 11) is 0. The number of rotatable bonds is 7. The van der Waals surface area contributed by atoms with Crippen molar-refractivity contribution in [3.05, 3.63) is 52.6 Å². The highest BCUT2D eigenvalue weighted by molar-refractivity contribution is 8.26. The Balaban J connectivity index is 1.82. The summed E-state index contributed by atoms with van der Waals surface area (Å²) in [5, 5.41) is 9.51. The lowest BCUT2D eigenvalue weighted by molar-refractivity contribution is -0.145. The number of amides is 1. The first-order valence-electron chi connectivity index (χ1n) is 8.56. The fraction of sp³-hybridized carbons (Fsp3) is 0.250. The number of thioether (sulfide) groups is 2. The number of carboxylic acids is 1. The molecule has 1 aromatic carbocycles. The van der Waals surface area contributed by atoms with Crippen LogP contribution in [0.3, 0.4) is 0 Å². The summed E-state index contributed by atoms with van der Waals surface area (Å²) in [5.74, 6) is 0.408. The van der Waals surface area contributed by atoms with E-state index in [1.54, 1.807) is 12.1 Å². The molecule has 1 N–H and O–H groups in total. The van der Waals surface area contributed by atoms with Gasteiger partial charge in [-0.15, -0.1) is 0 Å². The molecule has 1 saturated heterocycles. The van der Waals surface area contributed by atoms with E-state index >= 15 is 0 Å². The minimum absolute atomic E-state index is 0.259. The topological polar surface area (TPSA) is 70.8 Å². The van der Waals surface area contributed by atoms with E-state index in [9.17, 15) is 14.7 Å². The predicted octanol–water partition coefficient (Wildman–Crippen LogP) is 4.66. The number of carbonyl (C=O) groups excluding carboxylic acids is 1. The van der Waals surface area contributed by atoms with Crippen molar-refractivity contribution in [3.8, 4) is 11.3 Å². The van der Waals surface area contributed by atoms with Gasteiger partial charge in [-0.25, -0.2) is 4.79 Å². The zero-order valence-corrected chi connectivity index (χ0v) is 17.8. The smallest absolute Gasteiger partial charge is 0.326 e. The number of thiocarbonyl (C=S) groups is 1. The van der Waals surface area contributed by atoms with E-state index in [-0.39, 0.29) is 4.32 Å². The summed E-state index contributed by atoms with van der Waals surface area (Å²) in [5.41, 5.74) is 2.11. The molecule has 1 amide bonds. The van der Waals surface area contributed by atoms with E-state index in [1.807, 2.05) is 43.5 Å². The van der Waals surface area contributed by atoms with E-state index in [4.69, 9.17) is 16.6 Å². The molecule has 1 aromatic heterocycles. The quantitative estimate of drug-likeness (QED) is 0.503. The first-order valence-corrected chi connectivity index (χ1v) is 11.2. The van der Waals surface area contributed by atoms with Crippen molar-refractivity contribution < 1.29 is 19.1 Å². The highest BCUT2D eigenvalue weighted by atomic mass is 32.2. The number of benzene rings is 1. The van der Waals surface area contributed by atoms with E-state index in [0.717, 1.165) is 22.9 Å². The number of furan rings is 1. The average molecular weight is 434 g/mol. The van der Waals surface area contributed by atoms with Crippen LogP contribution in [0.15, 0.2) is 45.7 Å². The van der Waals surface area contributed by atoms with Crippen LogP contribution in [-0.2, 0) is 9.59 Å². The van der Waals surface area contributed by atoms with Gasteiger partial charge in [-0.1, -0.05) is 53.8 Å². The van der Waals surface area contributed by atoms with Crippen molar-refractivity contribution in [2.75, 3.05) is 12.0 Å². The molecule has 1 aliphatic heterocycles. The second kappa shape index (κ2) is 8.98. The molecule has 0 radical (unpaired) electrons. The second-order valence-electron chi connectivity index (χ2n) is 6.26. The number of aryl methyl sites for hydroxylation is 1. The summed E-state index contributed by atoms with van der Waals surface area (Å²) in [6, 6.07) is 10.6. The van der Waals surface area contributed by atoms with Gasteiger partial charge in [-0.05, 0) is 37.5 Å².